The standard InChI is InChI=1S/C21H20N4O3/c26-19-9-16(15-3-1-2-4-18(15)22-19)21(28)24-10-13(11-24)12-25-20(27)8-7-17(23-25)14-5-6-14/h1-4,7-9,13-14H,5-6,10-12H2,(H,22,26). The molecule has 5 rings (SSSR count). The van der Waals surface area contributed by atoms with E-state index in [4.69, 9.17) is 0 Å². The Hall–Kier alpha value is -3.22. The molecular formula is C21H20N4O3. The summed E-state index contributed by atoms with van der Waals surface area (Å²) < 4.78 is 1.53. The van der Waals surface area contributed by atoms with Crippen molar-refractivity contribution in [3.05, 3.63) is 74.4 Å². The molecule has 0 unspecified atom stereocenters. The summed E-state index contributed by atoms with van der Waals surface area (Å²) in [5.41, 5.74) is 1.68. The first-order valence-electron chi connectivity index (χ1n) is 9.58. The number of hydrogen-bond donors (Lipinski definition) is 1. The Morgan fingerprint density at radius 3 is 2.68 bits per heavy atom. The zero-order valence-corrected chi connectivity index (χ0v) is 15.3. The Morgan fingerprint density at radius 1 is 1.11 bits per heavy atom. The lowest BCUT2D eigenvalue weighted by molar-refractivity contribution is 0.0460. The van der Waals surface area contributed by atoms with Crippen LogP contribution >= 0.6 is 0 Å². The molecule has 7 heteroatoms. The molecule has 0 atom stereocenters. The third-order valence-corrected chi connectivity index (χ3v) is 5.54. The van der Waals surface area contributed by atoms with Crippen LogP contribution in [0, 0.1) is 5.92 Å². The quantitative estimate of drug-likeness (QED) is 0.751. The number of para-hydroxylation sites is 1. The molecule has 7 nitrogen and oxygen atoms in total. The van der Waals surface area contributed by atoms with E-state index in [1.807, 2.05) is 24.3 Å². The predicted octanol–water partition coefficient (Wildman–Crippen LogP) is 1.73. The Kier molecular flexibility index (Phi) is 3.89. The van der Waals surface area contributed by atoms with Crippen molar-refractivity contribution in [3.8, 4) is 0 Å². The number of fused-ring (bicyclic) bond motifs is 1. The second-order valence-electron chi connectivity index (χ2n) is 7.72. The zero-order valence-electron chi connectivity index (χ0n) is 15.3. The van der Waals surface area contributed by atoms with Crippen molar-refractivity contribution >= 4 is 16.8 Å². The highest BCUT2D eigenvalue weighted by Crippen LogP contribution is 2.38. The number of carbonyl (C=O) groups excluding carboxylic acids is 1. The second-order valence-corrected chi connectivity index (χ2v) is 7.72. The number of amides is 1. The van der Waals surface area contributed by atoms with Gasteiger partial charge in [0.05, 0.1) is 17.8 Å². The summed E-state index contributed by atoms with van der Waals surface area (Å²) in [6, 6.07) is 12.1. The van der Waals surface area contributed by atoms with Gasteiger partial charge in [-0.25, -0.2) is 4.68 Å². The van der Waals surface area contributed by atoms with Crippen LogP contribution in [0.2, 0.25) is 0 Å². The monoisotopic (exact) mass is 376 g/mol. The first-order valence-corrected chi connectivity index (χ1v) is 9.58. The molecule has 0 radical (unpaired) electrons. The summed E-state index contributed by atoms with van der Waals surface area (Å²) >= 11 is 0. The number of aromatic amines is 1. The van der Waals surface area contributed by atoms with Crippen LogP contribution in [0.3, 0.4) is 0 Å². The lowest BCUT2D eigenvalue weighted by Gasteiger charge is -2.39. The summed E-state index contributed by atoms with van der Waals surface area (Å²) in [6.45, 7) is 1.63. The molecule has 1 saturated carbocycles. The van der Waals surface area contributed by atoms with Crippen molar-refractivity contribution in [1.29, 1.82) is 0 Å². The average Bonchev–Trinajstić information content (AvgIpc) is 3.49. The normalized spacial score (nSPS) is 16.9. The molecule has 2 aromatic heterocycles. The number of aromatic nitrogens is 3. The van der Waals surface area contributed by atoms with Crippen LogP contribution < -0.4 is 11.1 Å². The van der Waals surface area contributed by atoms with E-state index in [0.29, 0.717) is 36.6 Å². The van der Waals surface area contributed by atoms with Crippen LogP contribution in [0.15, 0.2) is 52.1 Å². The van der Waals surface area contributed by atoms with Crippen molar-refractivity contribution in [3.63, 3.8) is 0 Å². The molecule has 1 aromatic carbocycles. The number of rotatable bonds is 4. The third-order valence-electron chi connectivity index (χ3n) is 5.54. The first kappa shape index (κ1) is 16.9. The number of carbonyl (C=O) groups is 1. The molecule has 3 aromatic rings. The van der Waals surface area contributed by atoms with Crippen LogP contribution in [0.1, 0.15) is 34.8 Å². The lowest BCUT2D eigenvalue weighted by atomic mass is 9.98. The van der Waals surface area contributed by atoms with Crippen LogP contribution in [-0.2, 0) is 6.54 Å². The summed E-state index contributed by atoms with van der Waals surface area (Å²) in [4.78, 5) is 41.4. The van der Waals surface area contributed by atoms with Crippen molar-refractivity contribution in [1.82, 2.24) is 19.7 Å². The molecule has 1 amide bonds. The van der Waals surface area contributed by atoms with Gasteiger partial charge >= 0.3 is 0 Å². The molecule has 2 fully saturated rings. The van der Waals surface area contributed by atoms with Crippen LogP contribution in [0.5, 0.6) is 0 Å². The third kappa shape index (κ3) is 3.02. The molecule has 1 saturated heterocycles. The van der Waals surface area contributed by atoms with Gasteiger partial charge in [-0.05, 0) is 25.0 Å². The topological polar surface area (TPSA) is 88.1 Å². The van der Waals surface area contributed by atoms with Gasteiger partial charge in [0.2, 0.25) is 5.56 Å². The maximum Gasteiger partial charge on any atom is 0.266 e. The Balaban J connectivity index is 1.31. The molecule has 0 spiro atoms. The summed E-state index contributed by atoms with van der Waals surface area (Å²) in [7, 11) is 0. The fraction of sp³-hybridized carbons (Fsp3) is 0.333. The van der Waals surface area contributed by atoms with Crippen molar-refractivity contribution < 1.29 is 4.79 Å². The number of pyridine rings is 1. The highest BCUT2D eigenvalue weighted by Gasteiger charge is 2.33. The van der Waals surface area contributed by atoms with Gasteiger partial charge in [0.25, 0.3) is 11.5 Å². The minimum Gasteiger partial charge on any atom is -0.338 e. The molecular weight excluding hydrogens is 356 g/mol. The van der Waals surface area contributed by atoms with E-state index in [1.165, 1.54) is 10.7 Å². The first-order chi connectivity index (χ1) is 13.6. The van der Waals surface area contributed by atoms with E-state index in [9.17, 15) is 14.4 Å². The number of likely N-dealkylation sites (tertiary alicyclic amines) is 1. The summed E-state index contributed by atoms with van der Waals surface area (Å²) in [5, 5.41) is 5.23. The van der Waals surface area contributed by atoms with Crippen molar-refractivity contribution in [2.24, 2.45) is 5.92 Å². The summed E-state index contributed by atoms with van der Waals surface area (Å²) in [5.74, 6) is 0.540. The number of benzene rings is 1. The van der Waals surface area contributed by atoms with Gasteiger partial charge < -0.3 is 9.88 Å². The molecule has 1 N–H and O–H groups in total. The van der Waals surface area contributed by atoms with Crippen molar-refractivity contribution in [2.45, 2.75) is 25.3 Å². The Bertz CT molecular complexity index is 1190. The summed E-state index contributed by atoms with van der Waals surface area (Å²) in [6.07, 6.45) is 2.28. The van der Waals surface area contributed by atoms with Gasteiger partial charge in [-0.2, -0.15) is 5.10 Å². The molecule has 1 aliphatic carbocycles. The van der Waals surface area contributed by atoms with Gasteiger partial charge in [0, 0.05) is 48.0 Å². The zero-order chi connectivity index (χ0) is 19.3. The number of H-pyrrole nitrogens is 1. The highest BCUT2D eigenvalue weighted by molar-refractivity contribution is 6.06. The van der Waals surface area contributed by atoms with Crippen molar-refractivity contribution in [2.75, 3.05) is 13.1 Å². The van der Waals surface area contributed by atoms with Gasteiger partial charge in [-0.3, -0.25) is 14.4 Å². The minimum absolute atomic E-state index is 0.102. The molecule has 1 aliphatic heterocycles. The van der Waals surface area contributed by atoms with Gasteiger partial charge in [-0.15, -0.1) is 0 Å². The van der Waals surface area contributed by atoms with Crippen LogP contribution in [-0.4, -0.2) is 38.7 Å². The average molecular weight is 376 g/mol. The van der Waals surface area contributed by atoms with E-state index in [-0.39, 0.29) is 22.9 Å². The van der Waals surface area contributed by atoms with E-state index >= 15 is 0 Å². The molecule has 2 aliphatic rings. The Labute approximate surface area is 160 Å². The minimum atomic E-state index is -0.285. The van der Waals surface area contributed by atoms with Gasteiger partial charge in [0.1, 0.15) is 0 Å². The van der Waals surface area contributed by atoms with Gasteiger partial charge in [-0.1, -0.05) is 18.2 Å². The number of nitrogens with one attached hydrogen (secondary N) is 1. The fourth-order valence-corrected chi connectivity index (χ4v) is 3.84. The molecule has 3 heterocycles. The maximum absolute atomic E-state index is 12.9. The predicted molar refractivity (Wildman–Crippen MR) is 104 cm³/mol. The van der Waals surface area contributed by atoms with Crippen LogP contribution in [0.4, 0.5) is 0 Å². The van der Waals surface area contributed by atoms with E-state index < -0.39 is 0 Å². The largest absolute Gasteiger partial charge is 0.338 e. The molecule has 142 valence electrons. The van der Waals surface area contributed by atoms with Crippen LogP contribution in [0.25, 0.3) is 10.9 Å². The highest BCUT2D eigenvalue weighted by atomic mass is 16.2. The van der Waals surface area contributed by atoms with E-state index in [2.05, 4.69) is 10.1 Å². The van der Waals surface area contributed by atoms with E-state index in [1.54, 1.807) is 17.0 Å². The molecule has 0 bridgehead atoms. The smallest absolute Gasteiger partial charge is 0.266 e. The number of nitrogens with zero attached hydrogens (tertiary/aromatic N) is 3. The Morgan fingerprint density at radius 2 is 1.89 bits per heavy atom. The maximum atomic E-state index is 12.9. The van der Waals surface area contributed by atoms with Gasteiger partial charge in [0.15, 0.2) is 0 Å². The lowest BCUT2D eigenvalue weighted by Crippen LogP contribution is -2.52. The molecule has 28 heavy (non-hydrogen) atoms. The second kappa shape index (κ2) is 6.44. The number of hydrogen-bond acceptors (Lipinski definition) is 4. The SMILES string of the molecule is O=C(c1cc(=O)[nH]c2ccccc12)N1CC(Cn2nc(C3CC3)ccc2=O)C1. The fourth-order valence-electron chi connectivity index (χ4n) is 3.84. The van der Waals surface area contributed by atoms with E-state index in [0.717, 1.165) is 23.9 Å².